The Hall–Kier alpha value is -1.54. The highest BCUT2D eigenvalue weighted by molar-refractivity contribution is 7.89. The van der Waals surface area contributed by atoms with Crippen LogP contribution in [0.3, 0.4) is 0 Å². The summed E-state index contributed by atoms with van der Waals surface area (Å²) in [6.07, 6.45) is 1.26. The first-order valence-corrected chi connectivity index (χ1v) is 7.43. The maximum Gasteiger partial charge on any atom is 0.335 e. The van der Waals surface area contributed by atoms with Crippen molar-refractivity contribution in [2.75, 3.05) is 6.54 Å². The number of carboxylic acid groups (broad SMARTS) is 1. The van der Waals surface area contributed by atoms with E-state index in [4.69, 9.17) is 5.11 Å². The summed E-state index contributed by atoms with van der Waals surface area (Å²) in [5.74, 6) is -4.56. The molecule has 2 rings (SSSR count). The lowest BCUT2D eigenvalue weighted by atomic mass is 10.2. The highest BCUT2D eigenvalue weighted by atomic mass is 32.2. The molecule has 1 aliphatic rings. The molecule has 1 aromatic carbocycles. The minimum atomic E-state index is -4.24. The molecule has 1 saturated heterocycles. The Balaban J connectivity index is 2.59. The number of sulfonamides is 1. The third-order valence-corrected chi connectivity index (χ3v) is 5.33. The summed E-state index contributed by atoms with van der Waals surface area (Å²) in [7, 11) is -4.24. The molecule has 0 radical (unpaired) electrons. The standard InChI is InChI=1S/C12H13F2NO4S/c1-7-3-2-4-15(7)20(18,19)10-6-8(12(16)17)5-9(13)11(10)14/h5-7H,2-4H2,1H3,(H,16,17). The molecule has 1 heterocycles. The van der Waals surface area contributed by atoms with E-state index in [0.29, 0.717) is 25.0 Å². The molecule has 0 saturated carbocycles. The van der Waals surface area contributed by atoms with Crippen LogP contribution in [0.25, 0.3) is 0 Å². The van der Waals surface area contributed by atoms with Gasteiger partial charge in [0, 0.05) is 12.6 Å². The number of carbonyl (C=O) groups is 1. The van der Waals surface area contributed by atoms with Crippen LogP contribution in [-0.4, -0.2) is 36.4 Å². The summed E-state index contributed by atoms with van der Waals surface area (Å²) in [5.41, 5.74) is -0.602. The lowest BCUT2D eigenvalue weighted by molar-refractivity contribution is 0.0696. The van der Waals surface area contributed by atoms with E-state index in [2.05, 4.69) is 0 Å². The fraction of sp³-hybridized carbons (Fsp3) is 0.417. The second-order valence-electron chi connectivity index (χ2n) is 4.68. The van der Waals surface area contributed by atoms with E-state index in [0.717, 1.165) is 4.31 Å². The van der Waals surface area contributed by atoms with Crippen LogP contribution >= 0.6 is 0 Å². The number of hydrogen-bond acceptors (Lipinski definition) is 3. The zero-order chi connectivity index (χ0) is 15.1. The van der Waals surface area contributed by atoms with E-state index in [-0.39, 0.29) is 12.6 Å². The molecule has 1 N–H and O–H groups in total. The fourth-order valence-corrected chi connectivity index (χ4v) is 4.07. The number of rotatable bonds is 3. The van der Waals surface area contributed by atoms with Crippen molar-refractivity contribution in [2.45, 2.75) is 30.7 Å². The van der Waals surface area contributed by atoms with Crippen LogP contribution < -0.4 is 0 Å². The van der Waals surface area contributed by atoms with Gasteiger partial charge in [0.15, 0.2) is 11.6 Å². The molecule has 110 valence electrons. The molecule has 0 amide bonds. The molecule has 1 atom stereocenters. The quantitative estimate of drug-likeness (QED) is 0.924. The van der Waals surface area contributed by atoms with Crippen LogP contribution in [-0.2, 0) is 10.0 Å². The van der Waals surface area contributed by atoms with Crippen molar-refractivity contribution in [2.24, 2.45) is 0 Å². The average molecular weight is 305 g/mol. The maximum absolute atomic E-state index is 13.7. The highest BCUT2D eigenvalue weighted by Gasteiger charge is 2.35. The van der Waals surface area contributed by atoms with Gasteiger partial charge in [0.05, 0.1) is 5.56 Å². The van der Waals surface area contributed by atoms with Crippen molar-refractivity contribution in [1.29, 1.82) is 0 Å². The van der Waals surface area contributed by atoms with Crippen LogP contribution in [0.4, 0.5) is 8.78 Å². The molecule has 5 nitrogen and oxygen atoms in total. The molecule has 0 bridgehead atoms. The van der Waals surface area contributed by atoms with Crippen molar-refractivity contribution in [3.8, 4) is 0 Å². The average Bonchev–Trinajstić information content (AvgIpc) is 2.79. The maximum atomic E-state index is 13.7. The van der Waals surface area contributed by atoms with Gasteiger partial charge in [0.25, 0.3) is 0 Å². The number of benzene rings is 1. The van der Waals surface area contributed by atoms with Gasteiger partial charge in [-0.1, -0.05) is 0 Å². The first-order chi connectivity index (χ1) is 9.25. The molecule has 1 aromatic rings. The smallest absolute Gasteiger partial charge is 0.335 e. The van der Waals surface area contributed by atoms with Gasteiger partial charge >= 0.3 is 5.97 Å². The van der Waals surface area contributed by atoms with Gasteiger partial charge in [-0.3, -0.25) is 0 Å². The molecule has 0 aliphatic carbocycles. The first kappa shape index (κ1) is 14.9. The van der Waals surface area contributed by atoms with Crippen LogP contribution in [0, 0.1) is 11.6 Å². The SMILES string of the molecule is CC1CCCN1S(=O)(=O)c1cc(C(=O)O)cc(F)c1F. The molecular formula is C12H13F2NO4S. The van der Waals surface area contributed by atoms with Gasteiger partial charge in [-0.05, 0) is 31.9 Å². The summed E-state index contributed by atoms with van der Waals surface area (Å²) in [6, 6.07) is 0.793. The highest BCUT2D eigenvalue weighted by Crippen LogP contribution is 2.29. The monoisotopic (exact) mass is 305 g/mol. The van der Waals surface area contributed by atoms with E-state index >= 15 is 0 Å². The zero-order valence-electron chi connectivity index (χ0n) is 10.6. The largest absolute Gasteiger partial charge is 0.478 e. The second kappa shape index (κ2) is 5.10. The summed E-state index contributed by atoms with van der Waals surface area (Å²) < 4.78 is 52.8. The van der Waals surface area contributed by atoms with Gasteiger partial charge < -0.3 is 5.11 Å². The molecular weight excluding hydrogens is 292 g/mol. The molecule has 1 fully saturated rings. The summed E-state index contributed by atoms with van der Waals surface area (Å²) in [5, 5.41) is 8.81. The van der Waals surface area contributed by atoms with Gasteiger partial charge in [-0.2, -0.15) is 4.31 Å². The molecule has 0 aromatic heterocycles. The normalized spacial score (nSPS) is 20.2. The van der Waals surface area contributed by atoms with E-state index in [1.54, 1.807) is 6.92 Å². The molecule has 0 spiro atoms. The second-order valence-corrected chi connectivity index (χ2v) is 6.54. The molecule has 20 heavy (non-hydrogen) atoms. The van der Waals surface area contributed by atoms with Crippen molar-refractivity contribution >= 4 is 16.0 Å². The van der Waals surface area contributed by atoms with Crippen molar-refractivity contribution < 1.29 is 27.1 Å². The zero-order valence-corrected chi connectivity index (χ0v) is 11.5. The van der Waals surface area contributed by atoms with E-state index in [1.807, 2.05) is 0 Å². The van der Waals surface area contributed by atoms with Crippen molar-refractivity contribution in [3.05, 3.63) is 29.3 Å². The molecule has 8 heteroatoms. The number of carboxylic acids is 1. The van der Waals surface area contributed by atoms with Crippen LogP contribution in [0.1, 0.15) is 30.1 Å². The van der Waals surface area contributed by atoms with E-state index in [9.17, 15) is 22.0 Å². The number of nitrogens with zero attached hydrogens (tertiary/aromatic N) is 1. The van der Waals surface area contributed by atoms with Gasteiger partial charge in [0.1, 0.15) is 4.90 Å². The Morgan fingerprint density at radius 3 is 2.55 bits per heavy atom. The van der Waals surface area contributed by atoms with Gasteiger partial charge in [-0.25, -0.2) is 22.0 Å². The van der Waals surface area contributed by atoms with Crippen molar-refractivity contribution in [1.82, 2.24) is 4.31 Å². The lowest BCUT2D eigenvalue weighted by Crippen LogP contribution is -2.34. The Kier molecular flexibility index (Phi) is 3.79. The minimum Gasteiger partial charge on any atom is -0.478 e. The number of aromatic carboxylic acids is 1. The summed E-state index contributed by atoms with van der Waals surface area (Å²) in [4.78, 5) is 9.90. The first-order valence-electron chi connectivity index (χ1n) is 5.99. The molecule has 1 aliphatic heterocycles. The van der Waals surface area contributed by atoms with Gasteiger partial charge in [0.2, 0.25) is 10.0 Å². The number of hydrogen-bond donors (Lipinski definition) is 1. The van der Waals surface area contributed by atoms with Gasteiger partial charge in [-0.15, -0.1) is 0 Å². The molecule has 1 unspecified atom stereocenters. The van der Waals surface area contributed by atoms with Crippen LogP contribution in [0.5, 0.6) is 0 Å². The Morgan fingerprint density at radius 1 is 1.40 bits per heavy atom. The summed E-state index contributed by atoms with van der Waals surface area (Å²) >= 11 is 0. The number of halogens is 2. The third kappa shape index (κ3) is 2.40. The Labute approximate surface area is 114 Å². The van der Waals surface area contributed by atoms with Crippen LogP contribution in [0.15, 0.2) is 17.0 Å². The van der Waals surface area contributed by atoms with E-state index in [1.165, 1.54) is 0 Å². The predicted molar refractivity (Wildman–Crippen MR) is 65.9 cm³/mol. The fourth-order valence-electron chi connectivity index (χ4n) is 2.27. The van der Waals surface area contributed by atoms with Crippen molar-refractivity contribution in [3.63, 3.8) is 0 Å². The minimum absolute atomic E-state index is 0.210. The Morgan fingerprint density at radius 2 is 2.05 bits per heavy atom. The Bertz CT molecular complexity index is 660. The predicted octanol–water partition coefficient (Wildman–Crippen LogP) is 1.84. The topological polar surface area (TPSA) is 74.7 Å². The summed E-state index contributed by atoms with van der Waals surface area (Å²) in [6.45, 7) is 1.88. The lowest BCUT2D eigenvalue weighted by Gasteiger charge is -2.21. The van der Waals surface area contributed by atoms with E-state index < -0.39 is 38.1 Å². The third-order valence-electron chi connectivity index (χ3n) is 3.32. The van der Waals surface area contributed by atoms with Crippen LogP contribution in [0.2, 0.25) is 0 Å².